The van der Waals surface area contributed by atoms with Crippen LogP contribution in [0.25, 0.3) is 0 Å². The summed E-state index contributed by atoms with van der Waals surface area (Å²) in [4.78, 5) is 10.3. The molecule has 0 aliphatic rings. The van der Waals surface area contributed by atoms with Crippen LogP contribution in [-0.2, 0) is 22.1 Å². The first kappa shape index (κ1) is 19.2. The third kappa shape index (κ3) is 4.70. The van der Waals surface area contributed by atoms with E-state index < -0.39 is 20.4 Å². The zero-order chi connectivity index (χ0) is 18.6. The van der Waals surface area contributed by atoms with Crippen molar-refractivity contribution in [2.24, 2.45) is 0 Å². The Balaban J connectivity index is 2.38. The molecule has 0 aliphatic carbocycles. The zero-order valence-corrected chi connectivity index (χ0v) is 15.3. The van der Waals surface area contributed by atoms with Gasteiger partial charge in [0.05, 0.1) is 4.92 Å². The zero-order valence-electron chi connectivity index (χ0n) is 13.7. The number of sulfone groups is 1. The van der Waals surface area contributed by atoms with Gasteiger partial charge in [0.25, 0.3) is 0 Å². The van der Waals surface area contributed by atoms with Gasteiger partial charge in [0, 0.05) is 18.6 Å². The number of thioether (sulfide) groups is 1. The number of hydrogen-bond donors (Lipinski definition) is 1. The number of nitrogens with one attached hydrogen (secondary N) is 1. The van der Waals surface area contributed by atoms with Crippen LogP contribution < -0.4 is 5.32 Å². The monoisotopic (exact) mass is 384 g/mol. The van der Waals surface area contributed by atoms with E-state index in [1.165, 1.54) is 42.1 Å². The fraction of sp³-hybridized carbons (Fsp3) is 0.250. The summed E-state index contributed by atoms with van der Waals surface area (Å²) in [6.45, 7) is 0.213. The van der Waals surface area contributed by atoms with Gasteiger partial charge >= 0.3 is 5.69 Å². The fourth-order valence-electron chi connectivity index (χ4n) is 2.40. The minimum absolute atomic E-state index is 0.104. The fourth-order valence-corrected chi connectivity index (χ4v) is 3.84. The van der Waals surface area contributed by atoms with Crippen molar-refractivity contribution in [3.63, 3.8) is 0 Å². The topological polar surface area (TPSA) is 89.3 Å². The normalized spacial score (nSPS) is 11.3. The molecular weight excluding hydrogens is 367 g/mol. The lowest BCUT2D eigenvalue weighted by Crippen LogP contribution is -2.08. The van der Waals surface area contributed by atoms with Crippen LogP contribution >= 0.6 is 11.8 Å². The minimum Gasteiger partial charge on any atom is -0.375 e. The van der Waals surface area contributed by atoms with Crippen molar-refractivity contribution in [1.82, 2.24) is 0 Å². The van der Waals surface area contributed by atoms with Crippen LogP contribution in [0.2, 0.25) is 0 Å². The number of benzene rings is 2. The number of para-hydroxylation sites is 1. The number of hydrogen-bond acceptors (Lipinski definition) is 6. The number of halogens is 1. The van der Waals surface area contributed by atoms with Crippen molar-refractivity contribution in [2.75, 3.05) is 17.8 Å². The number of anilines is 1. The standard InChI is InChI=1S/C16H17FN2O4S2/c1-24-10-12-8-13(17)7-6-11(12)9-18-14-4-3-5-15(25(2,22)23)16(14)19(20)21/h3-8,18H,9-10H2,1-2H3. The van der Waals surface area contributed by atoms with Crippen LogP contribution in [0.5, 0.6) is 0 Å². The molecule has 0 aliphatic heterocycles. The van der Waals surface area contributed by atoms with Crippen molar-refractivity contribution in [3.8, 4) is 0 Å². The Bertz CT molecular complexity index is 901. The highest BCUT2D eigenvalue weighted by Gasteiger charge is 2.26. The molecule has 0 amide bonds. The van der Waals surface area contributed by atoms with Crippen molar-refractivity contribution in [2.45, 2.75) is 17.2 Å². The van der Waals surface area contributed by atoms with Crippen molar-refractivity contribution in [1.29, 1.82) is 0 Å². The lowest BCUT2D eigenvalue weighted by Gasteiger charge is -2.12. The Morgan fingerprint density at radius 3 is 2.56 bits per heavy atom. The lowest BCUT2D eigenvalue weighted by atomic mass is 10.1. The van der Waals surface area contributed by atoms with Gasteiger partial charge in [0.2, 0.25) is 0 Å². The van der Waals surface area contributed by atoms with Crippen LogP contribution in [0, 0.1) is 15.9 Å². The van der Waals surface area contributed by atoms with Gasteiger partial charge in [-0.25, -0.2) is 12.8 Å². The van der Waals surface area contributed by atoms with Gasteiger partial charge in [0.1, 0.15) is 16.4 Å². The maximum atomic E-state index is 13.4. The Kier molecular flexibility index (Phi) is 6.02. The highest BCUT2D eigenvalue weighted by molar-refractivity contribution is 7.97. The third-order valence-corrected chi connectivity index (χ3v) is 5.25. The molecule has 0 unspecified atom stereocenters. The van der Waals surface area contributed by atoms with E-state index in [9.17, 15) is 22.9 Å². The third-order valence-electron chi connectivity index (χ3n) is 3.52. The van der Waals surface area contributed by atoms with Gasteiger partial charge in [-0.1, -0.05) is 12.1 Å². The molecule has 2 rings (SSSR count). The molecule has 0 fully saturated rings. The summed E-state index contributed by atoms with van der Waals surface area (Å²) in [7, 11) is -3.74. The number of nitrogens with zero attached hydrogens (tertiary/aromatic N) is 1. The van der Waals surface area contributed by atoms with Gasteiger partial charge in [-0.15, -0.1) is 0 Å². The Hall–Kier alpha value is -2.13. The molecule has 2 aromatic carbocycles. The summed E-state index contributed by atoms with van der Waals surface area (Å²) < 4.78 is 37.0. The second-order valence-electron chi connectivity index (χ2n) is 5.38. The molecular formula is C16H17FN2O4S2. The van der Waals surface area contributed by atoms with Gasteiger partial charge < -0.3 is 5.32 Å². The maximum Gasteiger partial charge on any atom is 0.310 e. The summed E-state index contributed by atoms with van der Waals surface area (Å²) in [5.41, 5.74) is 1.18. The van der Waals surface area contributed by atoms with Crippen molar-refractivity contribution in [3.05, 3.63) is 63.5 Å². The van der Waals surface area contributed by atoms with E-state index in [1.807, 2.05) is 6.26 Å². The number of nitro groups is 1. The van der Waals surface area contributed by atoms with E-state index in [0.29, 0.717) is 5.75 Å². The van der Waals surface area contributed by atoms with Crippen LogP contribution in [0.15, 0.2) is 41.3 Å². The van der Waals surface area contributed by atoms with Gasteiger partial charge in [0.15, 0.2) is 9.84 Å². The van der Waals surface area contributed by atoms with Crippen molar-refractivity contribution < 1.29 is 17.7 Å². The van der Waals surface area contributed by atoms with Crippen molar-refractivity contribution >= 4 is 33.0 Å². The number of rotatable bonds is 7. The molecule has 2 aromatic rings. The lowest BCUT2D eigenvalue weighted by molar-refractivity contribution is -0.386. The SMILES string of the molecule is CSCc1cc(F)ccc1CNc1cccc(S(C)(=O)=O)c1[N+](=O)[O-]. The molecule has 0 radical (unpaired) electrons. The quantitative estimate of drug-likeness (QED) is 0.579. The Labute approximate surface area is 149 Å². The largest absolute Gasteiger partial charge is 0.375 e. The average Bonchev–Trinajstić information content (AvgIpc) is 2.53. The van der Waals surface area contributed by atoms with Gasteiger partial charge in [-0.05, 0) is 41.6 Å². The van der Waals surface area contributed by atoms with E-state index in [-0.39, 0.29) is 22.9 Å². The van der Waals surface area contributed by atoms with Crippen LogP contribution in [0.4, 0.5) is 15.8 Å². The summed E-state index contributed by atoms with van der Waals surface area (Å²) >= 11 is 1.53. The minimum atomic E-state index is -3.74. The first-order valence-corrected chi connectivity index (χ1v) is 10.5. The highest BCUT2D eigenvalue weighted by Crippen LogP contribution is 2.32. The molecule has 25 heavy (non-hydrogen) atoms. The molecule has 1 N–H and O–H groups in total. The smallest absolute Gasteiger partial charge is 0.310 e. The summed E-state index contributed by atoms with van der Waals surface area (Å²) in [6.07, 6.45) is 2.82. The second kappa shape index (κ2) is 7.83. The molecule has 134 valence electrons. The van der Waals surface area contributed by atoms with E-state index in [0.717, 1.165) is 17.4 Å². The first-order valence-electron chi connectivity index (χ1n) is 7.21. The predicted molar refractivity (Wildman–Crippen MR) is 97.2 cm³/mol. The molecule has 0 spiro atoms. The average molecular weight is 384 g/mol. The summed E-state index contributed by atoms with van der Waals surface area (Å²) in [6, 6.07) is 8.45. The molecule has 0 saturated carbocycles. The Morgan fingerprint density at radius 1 is 1.24 bits per heavy atom. The summed E-state index contributed by atoms with van der Waals surface area (Å²) in [5, 5.41) is 14.3. The summed E-state index contributed by atoms with van der Waals surface area (Å²) in [5.74, 6) is 0.248. The Morgan fingerprint density at radius 2 is 1.96 bits per heavy atom. The van der Waals surface area contributed by atoms with E-state index >= 15 is 0 Å². The number of nitro benzene ring substituents is 1. The molecule has 0 heterocycles. The van der Waals surface area contributed by atoms with E-state index in [4.69, 9.17) is 0 Å². The molecule has 0 saturated heterocycles. The molecule has 0 atom stereocenters. The molecule has 0 aromatic heterocycles. The molecule has 9 heteroatoms. The molecule has 6 nitrogen and oxygen atoms in total. The highest BCUT2D eigenvalue weighted by atomic mass is 32.2. The van der Waals surface area contributed by atoms with Crippen LogP contribution in [-0.4, -0.2) is 25.9 Å². The first-order chi connectivity index (χ1) is 11.7. The van der Waals surface area contributed by atoms with Gasteiger partial charge in [-0.3, -0.25) is 10.1 Å². The molecule has 0 bridgehead atoms. The van der Waals surface area contributed by atoms with Crippen LogP contribution in [0.3, 0.4) is 0 Å². The van der Waals surface area contributed by atoms with E-state index in [2.05, 4.69) is 5.32 Å². The second-order valence-corrected chi connectivity index (χ2v) is 8.23. The van der Waals surface area contributed by atoms with Crippen LogP contribution in [0.1, 0.15) is 11.1 Å². The van der Waals surface area contributed by atoms with Gasteiger partial charge in [-0.2, -0.15) is 11.8 Å². The van der Waals surface area contributed by atoms with E-state index in [1.54, 1.807) is 6.07 Å². The maximum absolute atomic E-state index is 13.4. The predicted octanol–water partition coefficient (Wildman–Crippen LogP) is 3.61.